The molecule has 1 aromatic heterocycles. The van der Waals surface area contributed by atoms with Crippen molar-refractivity contribution in [2.75, 3.05) is 23.3 Å². The average Bonchev–Trinajstić information content (AvgIpc) is 2.59. The van der Waals surface area contributed by atoms with Crippen LogP contribution in [0.5, 0.6) is 0 Å². The predicted molar refractivity (Wildman–Crippen MR) is 103 cm³/mol. The Labute approximate surface area is 156 Å². The Morgan fingerprint density at radius 2 is 1.92 bits per heavy atom. The number of aryl methyl sites for hydroxylation is 2. The molecule has 6 nitrogen and oxygen atoms in total. The summed E-state index contributed by atoms with van der Waals surface area (Å²) in [7, 11) is 0. The minimum atomic E-state index is -0.172. The van der Waals surface area contributed by atoms with E-state index in [1.807, 2.05) is 26.0 Å². The number of hydrogen-bond donors (Lipinski definition) is 2. The highest BCUT2D eigenvalue weighted by Gasteiger charge is 2.23. The molecule has 0 saturated carbocycles. The van der Waals surface area contributed by atoms with Gasteiger partial charge < -0.3 is 15.5 Å². The summed E-state index contributed by atoms with van der Waals surface area (Å²) >= 11 is 3.48. The number of hydrogen-bond acceptors (Lipinski definition) is 4. The highest BCUT2D eigenvalue weighted by atomic mass is 79.9. The van der Waals surface area contributed by atoms with Crippen LogP contribution in [0.2, 0.25) is 0 Å². The highest BCUT2D eigenvalue weighted by Crippen LogP contribution is 2.25. The third-order valence-electron chi connectivity index (χ3n) is 4.33. The number of anilines is 2. The van der Waals surface area contributed by atoms with Gasteiger partial charge in [-0.25, -0.2) is 14.8 Å². The van der Waals surface area contributed by atoms with Gasteiger partial charge in [-0.05, 0) is 56.0 Å². The molecular formula is C18H22BrN5O. The molecule has 0 bridgehead atoms. The molecule has 2 amide bonds. The molecule has 0 aliphatic carbocycles. The van der Waals surface area contributed by atoms with Crippen LogP contribution in [0.25, 0.3) is 0 Å². The van der Waals surface area contributed by atoms with E-state index in [4.69, 9.17) is 0 Å². The van der Waals surface area contributed by atoms with Crippen molar-refractivity contribution in [3.63, 3.8) is 0 Å². The number of aromatic nitrogens is 2. The summed E-state index contributed by atoms with van der Waals surface area (Å²) in [6, 6.07) is 5.71. The molecule has 1 unspecified atom stereocenters. The number of rotatable bonds is 3. The Morgan fingerprint density at radius 3 is 2.60 bits per heavy atom. The van der Waals surface area contributed by atoms with E-state index in [1.165, 1.54) is 0 Å². The van der Waals surface area contributed by atoms with Crippen LogP contribution in [0.15, 0.2) is 35.1 Å². The smallest absolute Gasteiger partial charge is 0.319 e. The Bertz CT molecular complexity index is 729. The summed E-state index contributed by atoms with van der Waals surface area (Å²) in [5.74, 6) is 0.717. The van der Waals surface area contributed by atoms with Crippen molar-refractivity contribution >= 4 is 33.6 Å². The predicted octanol–water partition coefficient (Wildman–Crippen LogP) is 3.65. The lowest BCUT2D eigenvalue weighted by Crippen LogP contribution is -2.49. The van der Waals surface area contributed by atoms with Crippen molar-refractivity contribution in [3.8, 4) is 0 Å². The molecule has 7 heteroatoms. The SMILES string of the molecule is Cc1cc(Br)cc(C)c1NC(=O)NC1CCCN(c2ncccn2)C1. The van der Waals surface area contributed by atoms with Gasteiger partial charge in [0.05, 0.1) is 0 Å². The highest BCUT2D eigenvalue weighted by molar-refractivity contribution is 9.10. The van der Waals surface area contributed by atoms with Gasteiger partial charge in [0.2, 0.25) is 5.95 Å². The topological polar surface area (TPSA) is 70.2 Å². The van der Waals surface area contributed by atoms with Crippen LogP contribution >= 0.6 is 15.9 Å². The third-order valence-corrected chi connectivity index (χ3v) is 4.79. The van der Waals surface area contributed by atoms with E-state index in [1.54, 1.807) is 18.5 Å². The Morgan fingerprint density at radius 1 is 1.24 bits per heavy atom. The van der Waals surface area contributed by atoms with E-state index in [0.29, 0.717) is 5.95 Å². The molecule has 1 saturated heterocycles. The molecule has 2 heterocycles. The van der Waals surface area contributed by atoms with Gasteiger partial charge in [0.15, 0.2) is 0 Å². The quantitative estimate of drug-likeness (QED) is 0.820. The first-order chi connectivity index (χ1) is 12.0. The zero-order chi connectivity index (χ0) is 17.8. The van der Waals surface area contributed by atoms with Gasteiger partial charge in [-0.3, -0.25) is 0 Å². The molecular weight excluding hydrogens is 382 g/mol. The fourth-order valence-electron chi connectivity index (χ4n) is 3.17. The first kappa shape index (κ1) is 17.7. The molecule has 132 valence electrons. The molecule has 2 N–H and O–H groups in total. The normalized spacial score (nSPS) is 17.2. The minimum absolute atomic E-state index is 0.0774. The molecule has 0 radical (unpaired) electrons. The number of benzene rings is 1. The summed E-state index contributed by atoms with van der Waals surface area (Å²) in [6.07, 6.45) is 5.44. The number of nitrogens with one attached hydrogen (secondary N) is 2. The van der Waals surface area contributed by atoms with Crippen LogP contribution in [-0.4, -0.2) is 35.1 Å². The van der Waals surface area contributed by atoms with E-state index in [0.717, 1.165) is 47.2 Å². The molecule has 0 spiro atoms. The molecule has 1 fully saturated rings. The molecule has 25 heavy (non-hydrogen) atoms. The number of urea groups is 1. The van der Waals surface area contributed by atoms with Crippen LogP contribution in [0.1, 0.15) is 24.0 Å². The van der Waals surface area contributed by atoms with Crippen molar-refractivity contribution < 1.29 is 4.79 Å². The van der Waals surface area contributed by atoms with E-state index >= 15 is 0 Å². The largest absolute Gasteiger partial charge is 0.339 e. The first-order valence-electron chi connectivity index (χ1n) is 8.39. The summed E-state index contributed by atoms with van der Waals surface area (Å²) in [5, 5.41) is 6.06. The second-order valence-corrected chi connectivity index (χ2v) is 7.26. The van der Waals surface area contributed by atoms with Crippen LogP contribution in [0.3, 0.4) is 0 Å². The second-order valence-electron chi connectivity index (χ2n) is 6.35. The maximum Gasteiger partial charge on any atom is 0.319 e. The van der Waals surface area contributed by atoms with E-state index in [9.17, 15) is 4.79 Å². The Kier molecular flexibility index (Phi) is 5.53. The second kappa shape index (κ2) is 7.82. The molecule has 1 aromatic carbocycles. The van der Waals surface area contributed by atoms with E-state index < -0.39 is 0 Å². The molecule has 3 rings (SSSR count). The Balaban J connectivity index is 1.61. The maximum absolute atomic E-state index is 12.4. The number of amides is 2. The van der Waals surface area contributed by atoms with Crippen molar-refractivity contribution in [3.05, 3.63) is 46.2 Å². The number of nitrogens with zero attached hydrogens (tertiary/aromatic N) is 3. The van der Waals surface area contributed by atoms with Crippen LogP contribution < -0.4 is 15.5 Å². The summed E-state index contributed by atoms with van der Waals surface area (Å²) in [6.45, 7) is 5.61. The summed E-state index contributed by atoms with van der Waals surface area (Å²) in [5.41, 5.74) is 2.93. The average molecular weight is 404 g/mol. The van der Waals surface area contributed by atoms with Gasteiger partial charge >= 0.3 is 6.03 Å². The number of piperidine rings is 1. The number of carbonyl (C=O) groups excluding carboxylic acids is 1. The fraction of sp³-hybridized carbons (Fsp3) is 0.389. The third kappa shape index (κ3) is 4.48. The van der Waals surface area contributed by atoms with Crippen molar-refractivity contribution in [2.24, 2.45) is 0 Å². The summed E-state index contributed by atoms with van der Waals surface area (Å²) in [4.78, 5) is 23.1. The van der Waals surface area contributed by atoms with Gasteiger partial charge in [-0.15, -0.1) is 0 Å². The summed E-state index contributed by atoms with van der Waals surface area (Å²) < 4.78 is 1.01. The van der Waals surface area contributed by atoms with E-state index in [2.05, 4.69) is 41.4 Å². The molecule has 2 aromatic rings. The van der Waals surface area contributed by atoms with Crippen molar-refractivity contribution in [2.45, 2.75) is 32.7 Å². The minimum Gasteiger partial charge on any atom is -0.339 e. The van der Waals surface area contributed by atoms with Gasteiger partial charge in [-0.1, -0.05) is 15.9 Å². The van der Waals surface area contributed by atoms with Crippen LogP contribution in [-0.2, 0) is 0 Å². The molecule has 1 atom stereocenters. The zero-order valence-electron chi connectivity index (χ0n) is 14.4. The lowest BCUT2D eigenvalue weighted by Gasteiger charge is -2.33. The lowest BCUT2D eigenvalue weighted by atomic mass is 10.1. The first-order valence-corrected chi connectivity index (χ1v) is 9.18. The van der Waals surface area contributed by atoms with Gasteiger partial charge in [0, 0.05) is 41.7 Å². The van der Waals surface area contributed by atoms with Crippen LogP contribution in [0.4, 0.5) is 16.4 Å². The van der Waals surface area contributed by atoms with Crippen molar-refractivity contribution in [1.82, 2.24) is 15.3 Å². The van der Waals surface area contributed by atoms with E-state index in [-0.39, 0.29) is 12.1 Å². The Hall–Kier alpha value is -2.15. The maximum atomic E-state index is 12.4. The van der Waals surface area contributed by atoms with Gasteiger partial charge in [-0.2, -0.15) is 0 Å². The molecule has 1 aliphatic heterocycles. The van der Waals surface area contributed by atoms with Crippen molar-refractivity contribution in [1.29, 1.82) is 0 Å². The fourth-order valence-corrected chi connectivity index (χ4v) is 3.86. The number of halogens is 1. The van der Waals surface area contributed by atoms with Gasteiger partial charge in [0.1, 0.15) is 0 Å². The zero-order valence-corrected chi connectivity index (χ0v) is 16.0. The monoisotopic (exact) mass is 403 g/mol. The standard InChI is InChI=1S/C18H22BrN5O/c1-12-9-14(19)10-13(2)16(12)23-18(25)22-15-5-3-8-24(11-15)17-20-6-4-7-21-17/h4,6-7,9-10,15H,3,5,8,11H2,1-2H3,(H2,22,23,25). The lowest BCUT2D eigenvalue weighted by molar-refractivity contribution is 0.246. The molecule has 1 aliphatic rings. The number of carbonyl (C=O) groups is 1. The van der Waals surface area contributed by atoms with Gasteiger partial charge in [0.25, 0.3) is 0 Å². The van der Waals surface area contributed by atoms with Crippen LogP contribution in [0, 0.1) is 13.8 Å².